The first-order valence-corrected chi connectivity index (χ1v) is 7.25. The van der Waals surface area contributed by atoms with Crippen LogP contribution in [-0.2, 0) is 18.3 Å². The highest BCUT2D eigenvalue weighted by molar-refractivity contribution is 7.10. The summed E-state index contributed by atoms with van der Waals surface area (Å²) < 4.78 is 1.95. The molecule has 2 rings (SSSR count). The number of carbonyl (C=O) groups excluding carboxylic acids is 1. The van der Waals surface area contributed by atoms with Crippen molar-refractivity contribution >= 4 is 17.2 Å². The molecule has 2 heterocycles. The Balaban J connectivity index is 2.05. The average molecular weight is 277 g/mol. The number of carbonyl (C=O) groups is 1. The maximum atomic E-state index is 12.1. The van der Waals surface area contributed by atoms with Gasteiger partial charge in [0.2, 0.25) is 5.91 Å². The molecule has 2 aromatic rings. The molecular weight excluding hydrogens is 258 g/mol. The first kappa shape index (κ1) is 13.8. The Morgan fingerprint density at radius 1 is 1.53 bits per heavy atom. The molecule has 0 unspecified atom stereocenters. The van der Waals surface area contributed by atoms with Gasteiger partial charge in [-0.25, -0.2) is 4.98 Å². The first-order valence-electron chi connectivity index (χ1n) is 6.37. The summed E-state index contributed by atoms with van der Waals surface area (Å²) in [6, 6.07) is 3.90. The molecule has 5 heteroatoms. The van der Waals surface area contributed by atoms with Crippen molar-refractivity contribution in [2.45, 2.75) is 26.3 Å². The zero-order chi connectivity index (χ0) is 13.8. The maximum absolute atomic E-state index is 12.1. The zero-order valence-electron chi connectivity index (χ0n) is 11.5. The van der Waals surface area contributed by atoms with Gasteiger partial charge in [0.15, 0.2) is 0 Å². The second-order valence-electron chi connectivity index (χ2n) is 4.94. The molecule has 0 aliphatic rings. The number of aromatic nitrogens is 2. The Morgan fingerprint density at radius 2 is 2.32 bits per heavy atom. The molecule has 0 aliphatic carbocycles. The number of nitrogens with one attached hydrogen (secondary N) is 1. The van der Waals surface area contributed by atoms with Crippen molar-refractivity contribution in [3.8, 4) is 0 Å². The molecule has 0 fully saturated rings. The van der Waals surface area contributed by atoms with E-state index in [2.05, 4.69) is 24.1 Å². The van der Waals surface area contributed by atoms with Crippen molar-refractivity contribution in [1.82, 2.24) is 14.9 Å². The fourth-order valence-electron chi connectivity index (χ4n) is 2.00. The van der Waals surface area contributed by atoms with Crippen molar-refractivity contribution in [2.75, 3.05) is 0 Å². The minimum absolute atomic E-state index is 0.0455. The molecule has 2 aromatic heterocycles. The van der Waals surface area contributed by atoms with E-state index in [1.165, 1.54) is 0 Å². The Labute approximate surface area is 117 Å². The number of amides is 1. The monoisotopic (exact) mass is 277 g/mol. The second kappa shape index (κ2) is 6.02. The van der Waals surface area contributed by atoms with Crippen LogP contribution in [0, 0.1) is 5.92 Å². The number of hydrogen-bond acceptors (Lipinski definition) is 3. The summed E-state index contributed by atoms with van der Waals surface area (Å²) >= 11 is 1.61. The molecule has 19 heavy (non-hydrogen) atoms. The van der Waals surface area contributed by atoms with Crippen molar-refractivity contribution < 1.29 is 4.79 Å². The Morgan fingerprint density at radius 3 is 2.84 bits per heavy atom. The van der Waals surface area contributed by atoms with E-state index in [-0.39, 0.29) is 11.9 Å². The normalized spacial score (nSPS) is 12.6. The Kier molecular flexibility index (Phi) is 4.37. The molecule has 0 saturated heterocycles. The summed E-state index contributed by atoms with van der Waals surface area (Å²) in [4.78, 5) is 17.5. The van der Waals surface area contributed by atoms with E-state index < -0.39 is 0 Å². The van der Waals surface area contributed by atoms with Crippen LogP contribution in [0.25, 0.3) is 0 Å². The number of nitrogens with zero attached hydrogens (tertiary/aromatic N) is 2. The zero-order valence-corrected chi connectivity index (χ0v) is 12.3. The minimum Gasteiger partial charge on any atom is -0.346 e. The fraction of sp³-hybridized carbons (Fsp3) is 0.429. The van der Waals surface area contributed by atoms with Crippen LogP contribution in [0.15, 0.2) is 29.9 Å². The molecular formula is C14H19N3OS. The van der Waals surface area contributed by atoms with E-state index in [4.69, 9.17) is 0 Å². The lowest BCUT2D eigenvalue weighted by molar-refractivity contribution is -0.121. The summed E-state index contributed by atoms with van der Waals surface area (Å²) in [5.41, 5.74) is 0. The van der Waals surface area contributed by atoms with Gasteiger partial charge in [-0.2, -0.15) is 0 Å². The molecule has 1 amide bonds. The van der Waals surface area contributed by atoms with Crippen molar-refractivity contribution in [3.05, 3.63) is 40.6 Å². The Bertz CT molecular complexity index is 531. The highest BCUT2D eigenvalue weighted by Crippen LogP contribution is 2.20. The SMILES string of the molecule is CC(C)[C@H](NC(=O)Cc1cccs1)c1nccn1C. The molecule has 102 valence electrons. The summed E-state index contributed by atoms with van der Waals surface area (Å²) in [6.45, 7) is 4.18. The highest BCUT2D eigenvalue weighted by Gasteiger charge is 2.21. The van der Waals surface area contributed by atoms with Crippen LogP contribution >= 0.6 is 11.3 Å². The van der Waals surface area contributed by atoms with Gasteiger partial charge in [-0.1, -0.05) is 19.9 Å². The van der Waals surface area contributed by atoms with Crippen LogP contribution in [0.5, 0.6) is 0 Å². The molecule has 0 aromatic carbocycles. The molecule has 0 bridgehead atoms. The number of aryl methyl sites for hydroxylation is 1. The highest BCUT2D eigenvalue weighted by atomic mass is 32.1. The second-order valence-corrected chi connectivity index (χ2v) is 5.97. The maximum Gasteiger partial charge on any atom is 0.225 e. The van der Waals surface area contributed by atoms with Crippen LogP contribution < -0.4 is 5.32 Å². The molecule has 0 spiro atoms. The predicted octanol–water partition coefficient (Wildman–Crippen LogP) is 2.54. The number of hydrogen-bond donors (Lipinski definition) is 1. The number of thiophene rings is 1. The van der Waals surface area contributed by atoms with Gasteiger partial charge < -0.3 is 9.88 Å². The quantitative estimate of drug-likeness (QED) is 0.913. The summed E-state index contributed by atoms with van der Waals surface area (Å²) in [7, 11) is 1.95. The third-order valence-electron chi connectivity index (χ3n) is 3.03. The van der Waals surface area contributed by atoms with Crippen LogP contribution in [0.2, 0.25) is 0 Å². The first-order chi connectivity index (χ1) is 9.08. The smallest absolute Gasteiger partial charge is 0.225 e. The van der Waals surface area contributed by atoms with Gasteiger partial charge in [-0.3, -0.25) is 4.79 Å². The van der Waals surface area contributed by atoms with Gasteiger partial charge in [0.05, 0.1) is 12.5 Å². The number of imidazole rings is 1. The van der Waals surface area contributed by atoms with Crippen LogP contribution in [0.4, 0.5) is 0 Å². The van der Waals surface area contributed by atoms with E-state index in [1.54, 1.807) is 17.5 Å². The van der Waals surface area contributed by atoms with E-state index in [0.717, 1.165) is 10.7 Å². The molecule has 1 N–H and O–H groups in total. The van der Waals surface area contributed by atoms with Gasteiger partial charge in [0.25, 0.3) is 0 Å². The Hall–Kier alpha value is -1.62. The van der Waals surface area contributed by atoms with Gasteiger partial charge in [0, 0.05) is 24.3 Å². The largest absolute Gasteiger partial charge is 0.346 e. The standard InChI is InChI=1S/C14H19N3OS/c1-10(2)13(14-15-6-7-17(14)3)16-12(18)9-11-5-4-8-19-11/h4-8,10,13H,9H2,1-3H3,(H,16,18)/t13-/m0/s1. The van der Waals surface area contributed by atoms with Crippen molar-refractivity contribution in [1.29, 1.82) is 0 Å². The van der Waals surface area contributed by atoms with Crippen LogP contribution in [-0.4, -0.2) is 15.5 Å². The summed E-state index contributed by atoms with van der Waals surface area (Å²) in [6.07, 6.45) is 4.09. The van der Waals surface area contributed by atoms with Crippen LogP contribution in [0.3, 0.4) is 0 Å². The topological polar surface area (TPSA) is 46.9 Å². The lowest BCUT2D eigenvalue weighted by Gasteiger charge is -2.22. The van der Waals surface area contributed by atoms with Crippen molar-refractivity contribution in [2.24, 2.45) is 13.0 Å². The lowest BCUT2D eigenvalue weighted by atomic mass is 10.0. The summed E-state index contributed by atoms with van der Waals surface area (Å²) in [5.74, 6) is 1.24. The van der Waals surface area contributed by atoms with Crippen LogP contribution in [0.1, 0.15) is 30.6 Å². The fourth-order valence-corrected chi connectivity index (χ4v) is 2.71. The van der Waals surface area contributed by atoms with E-state index in [1.807, 2.05) is 35.3 Å². The van der Waals surface area contributed by atoms with Gasteiger partial charge in [0.1, 0.15) is 5.82 Å². The average Bonchev–Trinajstić information content (AvgIpc) is 2.97. The minimum atomic E-state index is -0.0486. The van der Waals surface area contributed by atoms with Gasteiger partial charge >= 0.3 is 0 Å². The van der Waals surface area contributed by atoms with Crippen molar-refractivity contribution in [3.63, 3.8) is 0 Å². The molecule has 1 atom stereocenters. The predicted molar refractivity (Wildman–Crippen MR) is 77.0 cm³/mol. The molecule has 0 aliphatic heterocycles. The lowest BCUT2D eigenvalue weighted by Crippen LogP contribution is -2.34. The molecule has 0 radical (unpaired) electrons. The van der Waals surface area contributed by atoms with Gasteiger partial charge in [-0.15, -0.1) is 11.3 Å². The molecule has 4 nitrogen and oxygen atoms in total. The molecule has 0 saturated carbocycles. The van der Waals surface area contributed by atoms with E-state index in [9.17, 15) is 4.79 Å². The summed E-state index contributed by atoms with van der Waals surface area (Å²) in [5, 5.41) is 5.07. The van der Waals surface area contributed by atoms with E-state index >= 15 is 0 Å². The van der Waals surface area contributed by atoms with Gasteiger partial charge in [-0.05, 0) is 17.4 Å². The third-order valence-corrected chi connectivity index (χ3v) is 3.91. The number of rotatable bonds is 5. The van der Waals surface area contributed by atoms with E-state index in [0.29, 0.717) is 12.3 Å². The third kappa shape index (κ3) is 3.44.